The Labute approximate surface area is 80.5 Å². The monoisotopic (exact) mass is 187 g/mol. The third-order valence-electron chi connectivity index (χ3n) is 2.18. The summed E-state index contributed by atoms with van der Waals surface area (Å²) in [7, 11) is 0. The molecule has 0 aliphatic rings. The van der Waals surface area contributed by atoms with E-state index in [0.29, 0.717) is 6.42 Å². The normalized spacial score (nSPS) is 12.8. The van der Waals surface area contributed by atoms with Gasteiger partial charge in [0.15, 0.2) is 0 Å². The van der Waals surface area contributed by atoms with Crippen molar-refractivity contribution < 1.29 is 9.90 Å². The minimum absolute atomic E-state index is 0.297. The van der Waals surface area contributed by atoms with Crippen LogP contribution < -0.4 is 5.32 Å². The summed E-state index contributed by atoms with van der Waals surface area (Å²) in [6.07, 6.45) is 3.23. The van der Waals surface area contributed by atoms with E-state index in [1.807, 2.05) is 0 Å². The van der Waals surface area contributed by atoms with Crippen LogP contribution in [0.15, 0.2) is 0 Å². The van der Waals surface area contributed by atoms with Gasteiger partial charge in [-0.3, -0.25) is 4.79 Å². The van der Waals surface area contributed by atoms with Crippen LogP contribution in [0.1, 0.15) is 39.5 Å². The quantitative estimate of drug-likeness (QED) is 0.570. The van der Waals surface area contributed by atoms with E-state index >= 15 is 0 Å². The van der Waals surface area contributed by atoms with Crippen LogP contribution in [0.2, 0.25) is 0 Å². The van der Waals surface area contributed by atoms with Crippen molar-refractivity contribution in [2.75, 3.05) is 13.1 Å². The lowest BCUT2D eigenvalue weighted by atomic mass is 10.1. The van der Waals surface area contributed by atoms with Crippen LogP contribution in [0.25, 0.3) is 0 Å². The first kappa shape index (κ1) is 12.4. The van der Waals surface area contributed by atoms with Gasteiger partial charge in [0.05, 0.1) is 0 Å². The number of hydrogen-bond acceptors (Lipinski definition) is 2. The average molecular weight is 187 g/mol. The first-order valence-corrected chi connectivity index (χ1v) is 5.09. The molecule has 0 aromatic carbocycles. The maximum atomic E-state index is 10.2. The Morgan fingerprint density at radius 2 is 2.15 bits per heavy atom. The topological polar surface area (TPSA) is 49.3 Å². The molecule has 2 N–H and O–H groups in total. The van der Waals surface area contributed by atoms with Crippen LogP contribution in [0, 0.1) is 5.92 Å². The van der Waals surface area contributed by atoms with Crippen molar-refractivity contribution >= 4 is 5.97 Å². The molecule has 0 saturated heterocycles. The number of carboxylic acids is 1. The third-order valence-corrected chi connectivity index (χ3v) is 2.18. The summed E-state index contributed by atoms with van der Waals surface area (Å²) in [6.45, 7) is 6.38. The Hall–Kier alpha value is -0.570. The number of hydrogen-bond donors (Lipinski definition) is 2. The second-order valence-corrected chi connectivity index (χ2v) is 3.57. The molecule has 0 aliphatic heterocycles. The van der Waals surface area contributed by atoms with Gasteiger partial charge in [-0.1, -0.05) is 20.3 Å². The molecule has 0 aliphatic carbocycles. The highest BCUT2D eigenvalue weighted by Gasteiger charge is 1.98. The fourth-order valence-electron chi connectivity index (χ4n) is 1.02. The molecule has 1 atom stereocenters. The van der Waals surface area contributed by atoms with E-state index in [1.165, 1.54) is 6.42 Å². The highest BCUT2D eigenvalue weighted by molar-refractivity contribution is 5.66. The molecule has 0 aromatic rings. The van der Waals surface area contributed by atoms with Gasteiger partial charge < -0.3 is 10.4 Å². The van der Waals surface area contributed by atoms with E-state index in [-0.39, 0.29) is 0 Å². The zero-order valence-corrected chi connectivity index (χ0v) is 8.68. The predicted octanol–water partition coefficient (Wildman–Crippen LogP) is 1.88. The average Bonchev–Trinajstić information content (AvgIpc) is 2.10. The largest absolute Gasteiger partial charge is 0.481 e. The molecule has 0 saturated carbocycles. The first-order chi connectivity index (χ1) is 6.16. The number of carbonyl (C=O) groups is 1. The molecule has 0 aromatic heterocycles. The van der Waals surface area contributed by atoms with Gasteiger partial charge >= 0.3 is 5.97 Å². The second-order valence-electron chi connectivity index (χ2n) is 3.57. The molecule has 13 heavy (non-hydrogen) atoms. The molecule has 1 unspecified atom stereocenters. The summed E-state index contributed by atoms with van der Waals surface area (Å²) >= 11 is 0. The Morgan fingerprint density at radius 3 is 2.69 bits per heavy atom. The van der Waals surface area contributed by atoms with Gasteiger partial charge in [-0.05, 0) is 31.8 Å². The zero-order chi connectivity index (χ0) is 10.1. The zero-order valence-electron chi connectivity index (χ0n) is 8.68. The lowest BCUT2D eigenvalue weighted by Gasteiger charge is -2.09. The summed E-state index contributed by atoms with van der Waals surface area (Å²) in [6, 6.07) is 0. The maximum absolute atomic E-state index is 10.2. The third kappa shape index (κ3) is 9.34. The maximum Gasteiger partial charge on any atom is 0.303 e. The minimum atomic E-state index is -0.693. The number of unbranched alkanes of at least 4 members (excludes halogenated alkanes) is 1. The molecule has 0 spiro atoms. The second kappa shape index (κ2) is 8.05. The van der Waals surface area contributed by atoms with Gasteiger partial charge in [0.2, 0.25) is 0 Å². The summed E-state index contributed by atoms with van der Waals surface area (Å²) < 4.78 is 0. The molecule has 3 heteroatoms. The lowest BCUT2D eigenvalue weighted by Crippen LogP contribution is -2.21. The van der Waals surface area contributed by atoms with Crippen LogP contribution in [-0.4, -0.2) is 24.2 Å². The molecule has 0 fully saturated rings. The smallest absolute Gasteiger partial charge is 0.303 e. The van der Waals surface area contributed by atoms with Crippen LogP contribution in [-0.2, 0) is 4.79 Å². The Balaban J connectivity index is 3.04. The van der Waals surface area contributed by atoms with Gasteiger partial charge in [0.25, 0.3) is 0 Å². The van der Waals surface area contributed by atoms with Crippen molar-refractivity contribution in [3.63, 3.8) is 0 Å². The van der Waals surface area contributed by atoms with Gasteiger partial charge in [0.1, 0.15) is 0 Å². The summed E-state index contributed by atoms with van der Waals surface area (Å²) in [5, 5.41) is 11.7. The van der Waals surface area contributed by atoms with E-state index in [1.54, 1.807) is 0 Å². The minimum Gasteiger partial charge on any atom is -0.481 e. The van der Waals surface area contributed by atoms with Crippen LogP contribution in [0.3, 0.4) is 0 Å². The molecular formula is C10H21NO2. The van der Waals surface area contributed by atoms with Gasteiger partial charge in [0, 0.05) is 6.42 Å². The van der Waals surface area contributed by atoms with Gasteiger partial charge in [-0.15, -0.1) is 0 Å². The molecule has 78 valence electrons. The number of aliphatic carboxylic acids is 1. The molecular weight excluding hydrogens is 166 g/mol. The van der Waals surface area contributed by atoms with E-state index in [0.717, 1.165) is 31.8 Å². The highest BCUT2D eigenvalue weighted by atomic mass is 16.4. The Morgan fingerprint density at radius 1 is 1.46 bits per heavy atom. The molecule has 0 bridgehead atoms. The van der Waals surface area contributed by atoms with E-state index in [9.17, 15) is 4.79 Å². The molecule has 0 amide bonds. The van der Waals surface area contributed by atoms with Gasteiger partial charge in [-0.25, -0.2) is 0 Å². The van der Waals surface area contributed by atoms with Crippen molar-refractivity contribution in [2.45, 2.75) is 39.5 Å². The van der Waals surface area contributed by atoms with Crippen molar-refractivity contribution in [1.29, 1.82) is 0 Å². The van der Waals surface area contributed by atoms with E-state index in [4.69, 9.17) is 5.11 Å². The van der Waals surface area contributed by atoms with Crippen LogP contribution in [0.5, 0.6) is 0 Å². The van der Waals surface area contributed by atoms with Crippen molar-refractivity contribution in [3.05, 3.63) is 0 Å². The van der Waals surface area contributed by atoms with Crippen molar-refractivity contribution in [2.24, 2.45) is 5.92 Å². The number of carboxylic acid groups (broad SMARTS) is 1. The molecule has 3 nitrogen and oxygen atoms in total. The summed E-state index contributed by atoms with van der Waals surface area (Å²) in [5.74, 6) is 0.0291. The van der Waals surface area contributed by atoms with Crippen molar-refractivity contribution in [1.82, 2.24) is 5.32 Å². The standard InChI is InChI=1S/C10H21NO2/c1-3-9(2)8-11-7-5-4-6-10(12)13/h9,11H,3-8H2,1-2H3,(H,12,13). The molecule has 0 heterocycles. The fourth-order valence-corrected chi connectivity index (χ4v) is 1.02. The lowest BCUT2D eigenvalue weighted by molar-refractivity contribution is -0.137. The van der Waals surface area contributed by atoms with Crippen LogP contribution >= 0.6 is 0 Å². The number of rotatable bonds is 8. The Bertz CT molecular complexity index is 137. The first-order valence-electron chi connectivity index (χ1n) is 5.09. The van der Waals surface area contributed by atoms with E-state index in [2.05, 4.69) is 19.2 Å². The number of nitrogens with one attached hydrogen (secondary N) is 1. The molecule has 0 radical (unpaired) electrons. The fraction of sp³-hybridized carbons (Fsp3) is 0.900. The van der Waals surface area contributed by atoms with Crippen molar-refractivity contribution in [3.8, 4) is 0 Å². The van der Waals surface area contributed by atoms with Crippen LogP contribution in [0.4, 0.5) is 0 Å². The SMILES string of the molecule is CCC(C)CNCCCCC(=O)O. The molecule has 0 rings (SSSR count). The predicted molar refractivity (Wildman–Crippen MR) is 53.8 cm³/mol. The Kier molecular flexibility index (Phi) is 7.69. The van der Waals surface area contributed by atoms with Gasteiger partial charge in [-0.2, -0.15) is 0 Å². The highest BCUT2D eigenvalue weighted by Crippen LogP contribution is 1.98. The summed E-state index contributed by atoms with van der Waals surface area (Å²) in [4.78, 5) is 10.2. The summed E-state index contributed by atoms with van der Waals surface area (Å²) in [5.41, 5.74) is 0. The van der Waals surface area contributed by atoms with E-state index < -0.39 is 5.97 Å².